The Balaban J connectivity index is 2.91. The van der Waals surface area contributed by atoms with Crippen LogP contribution in [0, 0.1) is 0 Å². The van der Waals surface area contributed by atoms with Crippen LogP contribution in [0.15, 0.2) is 18.2 Å². The summed E-state index contributed by atoms with van der Waals surface area (Å²) in [5, 5.41) is 10.9. The number of hydrogen-bond acceptors (Lipinski definition) is 2. The number of rotatable bonds is 3. The Morgan fingerprint density at radius 3 is 2.56 bits per heavy atom. The zero-order chi connectivity index (χ0) is 12.3. The highest BCUT2D eigenvalue weighted by molar-refractivity contribution is 6.31. The summed E-state index contributed by atoms with van der Waals surface area (Å²) in [6, 6.07) is 3.59. The summed E-state index contributed by atoms with van der Waals surface area (Å²) in [5.74, 6) is -1.34. The maximum absolute atomic E-state index is 11.9. The van der Waals surface area contributed by atoms with Crippen molar-refractivity contribution in [2.24, 2.45) is 0 Å². The molecule has 16 heavy (non-hydrogen) atoms. The summed E-state index contributed by atoms with van der Waals surface area (Å²) in [6.45, 7) is -1.30. The number of halogens is 4. The summed E-state index contributed by atoms with van der Waals surface area (Å²) in [4.78, 5) is 10.7. The molecule has 0 spiro atoms. The van der Waals surface area contributed by atoms with Gasteiger partial charge in [-0.3, -0.25) is 0 Å². The lowest BCUT2D eigenvalue weighted by molar-refractivity contribution is -0.115. The largest absolute Gasteiger partial charge is 0.478 e. The van der Waals surface area contributed by atoms with Gasteiger partial charge in [0.25, 0.3) is 0 Å². The van der Waals surface area contributed by atoms with Crippen LogP contribution in [0.2, 0.25) is 5.02 Å². The van der Waals surface area contributed by atoms with Crippen LogP contribution in [-0.2, 0) is 0 Å². The number of aromatic carboxylic acids is 1. The minimum absolute atomic E-state index is 0.116. The van der Waals surface area contributed by atoms with E-state index in [1.54, 1.807) is 0 Å². The van der Waals surface area contributed by atoms with Crippen LogP contribution in [0.4, 0.5) is 18.9 Å². The first-order chi connectivity index (χ1) is 7.29. The van der Waals surface area contributed by atoms with Gasteiger partial charge in [0.15, 0.2) is 0 Å². The molecule has 0 unspecified atom stereocenters. The molecule has 1 aromatic rings. The predicted octanol–water partition coefficient (Wildman–Crippen LogP) is 3.01. The number of alkyl halides is 3. The summed E-state index contributed by atoms with van der Waals surface area (Å²) >= 11 is 5.54. The quantitative estimate of drug-likeness (QED) is 0.871. The van der Waals surface area contributed by atoms with Crippen LogP contribution in [-0.4, -0.2) is 23.8 Å². The Morgan fingerprint density at radius 1 is 1.44 bits per heavy atom. The van der Waals surface area contributed by atoms with Crippen LogP contribution in [0.3, 0.4) is 0 Å². The van der Waals surface area contributed by atoms with E-state index in [1.807, 2.05) is 5.32 Å². The van der Waals surface area contributed by atoms with Gasteiger partial charge in [-0.05, 0) is 18.2 Å². The third-order valence-electron chi connectivity index (χ3n) is 1.69. The summed E-state index contributed by atoms with van der Waals surface area (Å²) in [7, 11) is 0. The minimum Gasteiger partial charge on any atom is -0.478 e. The Morgan fingerprint density at radius 2 is 2.06 bits per heavy atom. The Labute approximate surface area is 93.8 Å². The van der Waals surface area contributed by atoms with Gasteiger partial charge in [0.1, 0.15) is 6.54 Å². The summed E-state index contributed by atoms with van der Waals surface area (Å²) < 4.78 is 35.8. The normalized spacial score (nSPS) is 11.2. The zero-order valence-electron chi connectivity index (χ0n) is 7.81. The third kappa shape index (κ3) is 3.62. The average molecular weight is 254 g/mol. The number of nitrogens with one attached hydrogen (secondary N) is 1. The van der Waals surface area contributed by atoms with E-state index in [4.69, 9.17) is 16.7 Å². The van der Waals surface area contributed by atoms with E-state index in [9.17, 15) is 18.0 Å². The molecular formula is C9H7ClF3NO2. The molecule has 0 aromatic heterocycles. The zero-order valence-corrected chi connectivity index (χ0v) is 8.56. The van der Waals surface area contributed by atoms with Crippen molar-refractivity contribution in [2.45, 2.75) is 6.18 Å². The molecule has 0 amide bonds. The monoisotopic (exact) mass is 253 g/mol. The fraction of sp³-hybridized carbons (Fsp3) is 0.222. The maximum atomic E-state index is 11.9. The van der Waals surface area contributed by atoms with E-state index in [2.05, 4.69) is 0 Å². The SMILES string of the molecule is O=C(O)c1cc(Cl)ccc1NCC(F)(F)F. The van der Waals surface area contributed by atoms with Gasteiger partial charge in [0.2, 0.25) is 0 Å². The van der Waals surface area contributed by atoms with Crippen molar-refractivity contribution in [3.8, 4) is 0 Å². The maximum Gasteiger partial charge on any atom is 0.405 e. The highest BCUT2D eigenvalue weighted by Crippen LogP contribution is 2.22. The first-order valence-corrected chi connectivity index (χ1v) is 4.51. The highest BCUT2D eigenvalue weighted by atomic mass is 35.5. The van der Waals surface area contributed by atoms with Gasteiger partial charge >= 0.3 is 12.1 Å². The molecule has 0 fully saturated rings. The predicted molar refractivity (Wildman–Crippen MR) is 53.0 cm³/mol. The van der Waals surface area contributed by atoms with Crippen molar-refractivity contribution < 1.29 is 23.1 Å². The number of carboxylic acid groups (broad SMARTS) is 1. The third-order valence-corrected chi connectivity index (χ3v) is 1.93. The van der Waals surface area contributed by atoms with Crippen molar-refractivity contribution >= 4 is 23.3 Å². The van der Waals surface area contributed by atoms with E-state index in [-0.39, 0.29) is 16.3 Å². The Bertz CT molecular complexity index is 406. The minimum atomic E-state index is -4.41. The van der Waals surface area contributed by atoms with Crippen LogP contribution in [0.25, 0.3) is 0 Å². The number of carbonyl (C=O) groups is 1. The first kappa shape index (κ1) is 12.6. The van der Waals surface area contributed by atoms with E-state index >= 15 is 0 Å². The lowest BCUT2D eigenvalue weighted by Gasteiger charge is -2.11. The number of anilines is 1. The molecule has 0 saturated heterocycles. The lowest BCUT2D eigenvalue weighted by atomic mass is 10.2. The average Bonchev–Trinajstić information content (AvgIpc) is 2.14. The second-order valence-corrected chi connectivity index (χ2v) is 3.40. The fourth-order valence-corrected chi connectivity index (χ4v) is 1.22. The molecule has 3 nitrogen and oxygen atoms in total. The van der Waals surface area contributed by atoms with Crippen molar-refractivity contribution in [3.63, 3.8) is 0 Å². The molecule has 0 heterocycles. The van der Waals surface area contributed by atoms with Gasteiger partial charge in [0.05, 0.1) is 5.56 Å². The lowest BCUT2D eigenvalue weighted by Crippen LogP contribution is -2.22. The molecule has 2 N–H and O–H groups in total. The van der Waals surface area contributed by atoms with Crippen LogP contribution in [0.5, 0.6) is 0 Å². The standard InChI is InChI=1S/C9H7ClF3NO2/c10-5-1-2-7(6(3-5)8(15)16)14-4-9(11,12)13/h1-3,14H,4H2,(H,15,16). The van der Waals surface area contributed by atoms with Crippen molar-refractivity contribution in [3.05, 3.63) is 28.8 Å². The molecule has 0 bridgehead atoms. The van der Waals surface area contributed by atoms with Crippen LogP contribution >= 0.6 is 11.6 Å². The van der Waals surface area contributed by atoms with E-state index < -0.39 is 18.7 Å². The van der Waals surface area contributed by atoms with Gasteiger partial charge < -0.3 is 10.4 Å². The Kier molecular flexibility index (Phi) is 3.64. The molecule has 88 valence electrons. The van der Waals surface area contributed by atoms with Crippen LogP contribution in [0.1, 0.15) is 10.4 Å². The molecule has 1 rings (SSSR count). The summed E-state index contributed by atoms with van der Waals surface area (Å²) in [6.07, 6.45) is -4.41. The molecule has 0 atom stereocenters. The fourth-order valence-electron chi connectivity index (χ4n) is 1.04. The van der Waals surface area contributed by atoms with Gasteiger partial charge in [-0.1, -0.05) is 11.6 Å². The highest BCUT2D eigenvalue weighted by Gasteiger charge is 2.27. The smallest absolute Gasteiger partial charge is 0.405 e. The molecule has 7 heteroatoms. The van der Waals surface area contributed by atoms with Gasteiger partial charge in [-0.25, -0.2) is 4.79 Å². The molecule has 0 aliphatic heterocycles. The summed E-state index contributed by atoms with van der Waals surface area (Å²) in [5.41, 5.74) is -0.411. The molecule has 0 aliphatic carbocycles. The first-order valence-electron chi connectivity index (χ1n) is 4.13. The molecule has 1 aromatic carbocycles. The van der Waals surface area contributed by atoms with E-state index in [0.717, 1.165) is 6.07 Å². The number of hydrogen-bond donors (Lipinski definition) is 2. The van der Waals surface area contributed by atoms with Crippen molar-refractivity contribution in [2.75, 3.05) is 11.9 Å². The van der Waals surface area contributed by atoms with Gasteiger partial charge in [-0.2, -0.15) is 13.2 Å². The van der Waals surface area contributed by atoms with Crippen molar-refractivity contribution in [1.29, 1.82) is 0 Å². The van der Waals surface area contributed by atoms with E-state index in [0.29, 0.717) is 0 Å². The van der Waals surface area contributed by atoms with Gasteiger partial charge in [0, 0.05) is 10.7 Å². The molecule has 0 saturated carbocycles. The van der Waals surface area contributed by atoms with E-state index in [1.165, 1.54) is 12.1 Å². The molecule has 0 aliphatic rings. The van der Waals surface area contributed by atoms with Crippen LogP contribution < -0.4 is 5.32 Å². The topological polar surface area (TPSA) is 49.3 Å². The number of carboxylic acids is 1. The molecule has 0 radical (unpaired) electrons. The van der Waals surface area contributed by atoms with Crippen molar-refractivity contribution in [1.82, 2.24) is 0 Å². The molecular weight excluding hydrogens is 247 g/mol. The number of benzene rings is 1. The van der Waals surface area contributed by atoms with Gasteiger partial charge in [-0.15, -0.1) is 0 Å². The second kappa shape index (κ2) is 4.61. The Hall–Kier alpha value is -1.43. The second-order valence-electron chi connectivity index (χ2n) is 2.96.